The second-order valence-electron chi connectivity index (χ2n) is 4.38. The molecule has 0 radical (unpaired) electrons. The topological polar surface area (TPSA) is 42.2 Å². The van der Waals surface area contributed by atoms with Crippen molar-refractivity contribution < 1.29 is 5.21 Å². The molecule has 3 heteroatoms. The van der Waals surface area contributed by atoms with Gasteiger partial charge >= 0.3 is 0 Å². The molecule has 0 spiro atoms. The van der Waals surface area contributed by atoms with Crippen LogP contribution < -0.4 is 5.43 Å². The third kappa shape index (κ3) is 2.29. The lowest BCUT2D eigenvalue weighted by Crippen LogP contribution is -2.21. The molecule has 1 rings (SSSR count). The van der Waals surface area contributed by atoms with Crippen LogP contribution in [0.3, 0.4) is 0 Å². The molecule has 1 N–H and O–H groups in total. The Hall–Kier alpha value is -1.25. The van der Waals surface area contributed by atoms with E-state index in [0.29, 0.717) is 16.8 Å². The molecule has 0 atom stereocenters. The average Bonchev–Trinajstić information content (AvgIpc) is 2.28. The summed E-state index contributed by atoms with van der Waals surface area (Å²) in [5.74, 6) is 0. The summed E-state index contributed by atoms with van der Waals surface area (Å²) in [7, 11) is 0. The molecule has 0 saturated carbocycles. The zero-order valence-electron chi connectivity index (χ0n) is 10.6. The Bertz CT molecular complexity index is 433. The molecule has 0 unspecified atom stereocenters. The van der Waals surface area contributed by atoms with Crippen LogP contribution in [0.25, 0.3) is 0 Å². The third-order valence-corrected chi connectivity index (χ3v) is 3.25. The molecule has 16 heavy (non-hydrogen) atoms. The van der Waals surface area contributed by atoms with Crippen LogP contribution in [-0.2, 0) is 6.42 Å². The molecule has 0 aliphatic carbocycles. The monoisotopic (exact) mass is 223 g/mol. The average molecular weight is 223 g/mol. The maximum absolute atomic E-state index is 11.9. The van der Waals surface area contributed by atoms with Gasteiger partial charge < -0.3 is 5.21 Å². The van der Waals surface area contributed by atoms with Crippen LogP contribution in [0.1, 0.15) is 48.7 Å². The second kappa shape index (κ2) is 5.19. The summed E-state index contributed by atoms with van der Waals surface area (Å²) in [5, 5.41) is 9.96. The fourth-order valence-electron chi connectivity index (χ4n) is 1.93. The lowest BCUT2D eigenvalue weighted by atomic mass is 10.0. The molecular formula is C13H21NO2. The van der Waals surface area contributed by atoms with Crippen molar-refractivity contribution in [1.29, 1.82) is 0 Å². The molecule has 0 aliphatic rings. The van der Waals surface area contributed by atoms with Gasteiger partial charge in [0.25, 0.3) is 0 Å². The predicted octanol–water partition coefficient (Wildman–Crippen LogP) is 2.74. The number of nitrogens with zero attached hydrogens (tertiary/aromatic N) is 1. The van der Waals surface area contributed by atoms with E-state index in [0.717, 1.165) is 31.4 Å². The Labute approximate surface area is 96.7 Å². The summed E-state index contributed by atoms with van der Waals surface area (Å²) in [6.45, 7) is 7.47. The van der Waals surface area contributed by atoms with Gasteiger partial charge in [0.1, 0.15) is 0 Å². The van der Waals surface area contributed by atoms with Gasteiger partial charge in [0.2, 0.25) is 0 Å². The number of aromatic nitrogens is 1. The first kappa shape index (κ1) is 12.8. The number of unbranched alkanes of at least 4 members (excludes halogenated alkanes) is 2. The predicted molar refractivity (Wildman–Crippen MR) is 65.3 cm³/mol. The van der Waals surface area contributed by atoms with Crippen LogP contribution >= 0.6 is 0 Å². The van der Waals surface area contributed by atoms with E-state index in [1.807, 2.05) is 0 Å². The standard InChI is InChI=1S/C13H21NO2/c1-5-6-7-8-12-10(3)13(15)9(2)11(4)14(12)16/h16H,5-8H2,1-4H3. The maximum Gasteiger partial charge on any atom is 0.188 e. The molecule has 0 fully saturated rings. The Morgan fingerprint density at radius 2 is 1.75 bits per heavy atom. The summed E-state index contributed by atoms with van der Waals surface area (Å²) in [4.78, 5) is 11.9. The fourth-order valence-corrected chi connectivity index (χ4v) is 1.93. The van der Waals surface area contributed by atoms with Crippen molar-refractivity contribution in [2.75, 3.05) is 0 Å². The van der Waals surface area contributed by atoms with Crippen molar-refractivity contribution in [3.63, 3.8) is 0 Å². The lowest BCUT2D eigenvalue weighted by molar-refractivity contribution is 0.165. The first-order chi connectivity index (χ1) is 7.50. The molecule has 3 nitrogen and oxygen atoms in total. The second-order valence-corrected chi connectivity index (χ2v) is 4.38. The number of hydrogen-bond acceptors (Lipinski definition) is 2. The maximum atomic E-state index is 11.9. The Morgan fingerprint density at radius 1 is 1.12 bits per heavy atom. The summed E-state index contributed by atoms with van der Waals surface area (Å²) in [5.41, 5.74) is 2.80. The Kier molecular flexibility index (Phi) is 4.16. The van der Waals surface area contributed by atoms with Crippen LogP contribution in [0.5, 0.6) is 0 Å². The van der Waals surface area contributed by atoms with Crippen molar-refractivity contribution in [3.8, 4) is 0 Å². The van der Waals surface area contributed by atoms with Gasteiger partial charge in [-0.25, -0.2) is 0 Å². The summed E-state index contributed by atoms with van der Waals surface area (Å²) >= 11 is 0. The molecule has 0 bridgehead atoms. The summed E-state index contributed by atoms with van der Waals surface area (Å²) in [6.07, 6.45) is 4.05. The lowest BCUT2D eigenvalue weighted by Gasteiger charge is -2.14. The van der Waals surface area contributed by atoms with Crippen LogP contribution in [0.2, 0.25) is 0 Å². The molecule has 0 amide bonds. The quantitative estimate of drug-likeness (QED) is 0.630. The van der Waals surface area contributed by atoms with Crippen LogP contribution in [0.15, 0.2) is 4.79 Å². The minimum absolute atomic E-state index is 0.0642. The number of rotatable bonds is 4. The largest absolute Gasteiger partial charge is 0.428 e. The Balaban J connectivity index is 3.13. The van der Waals surface area contributed by atoms with Crippen molar-refractivity contribution in [3.05, 3.63) is 32.7 Å². The molecular weight excluding hydrogens is 202 g/mol. The van der Waals surface area contributed by atoms with Gasteiger partial charge in [0.15, 0.2) is 5.43 Å². The molecule has 0 aromatic carbocycles. The highest BCUT2D eigenvalue weighted by atomic mass is 16.5. The van der Waals surface area contributed by atoms with E-state index in [-0.39, 0.29) is 5.43 Å². The minimum Gasteiger partial charge on any atom is -0.428 e. The smallest absolute Gasteiger partial charge is 0.188 e. The van der Waals surface area contributed by atoms with E-state index in [2.05, 4.69) is 6.92 Å². The zero-order valence-corrected chi connectivity index (χ0v) is 10.6. The van der Waals surface area contributed by atoms with Crippen molar-refractivity contribution in [1.82, 2.24) is 4.73 Å². The van der Waals surface area contributed by atoms with Gasteiger partial charge in [0.05, 0.1) is 11.4 Å². The molecule has 90 valence electrons. The zero-order chi connectivity index (χ0) is 12.3. The highest BCUT2D eigenvalue weighted by Gasteiger charge is 2.13. The van der Waals surface area contributed by atoms with Crippen molar-refractivity contribution in [2.24, 2.45) is 0 Å². The van der Waals surface area contributed by atoms with Gasteiger partial charge in [-0.2, -0.15) is 4.73 Å². The highest BCUT2D eigenvalue weighted by Crippen LogP contribution is 2.12. The minimum atomic E-state index is 0.0642. The Morgan fingerprint density at radius 3 is 2.31 bits per heavy atom. The van der Waals surface area contributed by atoms with E-state index in [1.54, 1.807) is 20.8 Å². The van der Waals surface area contributed by atoms with Crippen molar-refractivity contribution >= 4 is 0 Å². The summed E-state index contributed by atoms with van der Waals surface area (Å²) in [6, 6.07) is 0. The van der Waals surface area contributed by atoms with E-state index in [1.165, 1.54) is 4.73 Å². The van der Waals surface area contributed by atoms with Gasteiger partial charge in [0, 0.05) is 11.1 Å². The first-order valence-electron chi connectivity index (χ1n) is 5.91. The molecule has 0 saturated heterocycles. The highest BCUT2D eigenvalue weighted by molar-refractivity contribution is 5.29. The van der Waals surface area contributed by atoms with E-state index >= 15 is 0 Å². The normalized spacial score (nSPS) is 10.8. The van der Waals surface area contributed by atoms with Gasteiger partial charge in [-0.3, -0.25) is 4.79 Å². The van der Waals surface area contributed by atoms with E-state index < -0.39 is 0 Å². The van der Waals surface area contributed by atoms with Crippen LogP contribution in [0.4, 0.5) is 0 Å². The molecule has 1 aromatic heterocycles. The number of pyridine rings is 1. The van der Waals surface area contributed by atoms with Gasteiger partial charge in [-0.1, -0.05) is 19.8 Å². The van der Waals surface area contributed by atoms with Crippen LogP contribution in [-0.4, -0.2) is 9.94 Å². The van der Waals surface area contributed by atoms with E-state index in [4.69, 9.17) is 0 Å². The van der Waals surface area contributed by atoms with E-state index in [9.17, 15) is 10.0 Å². The SMILES string of the molecule is CCCCCc1c(C)c(=O)c(C)c(C)n1O. The molecule has 1 aromatic rings. The molecule has 1 heterocycles. The summed E-state index contributed by atoms with van der Waals surface area (Å²) < 4.78 is 1.18. The molecule has 0 aliphatic heterocycles. The van der Waals surface area contributed by atoms with Gasteiger partial charge in [-0.05, 0) is 33.6 Å². The van der Waals surface area contributed by atoms with Crippen molar-refractivity contribution in [2.45, 2.75) is 53.4 Å². The number of hydrogen-bond donors (Lipinski definition) is 1. The van der Waals surface area contributed by atoms with Gasteiger partial charge in [-0.15, -0.1) is 0 Å². The fraction of sp³-hybridized carbons (Fsp3) is 0.615. The first-order valence-corrected chi connectivity index (χ1v) is 5.91. The third-order valence-electron chi connectivity index (χ3n) is 3.25. The van der Waals surface area contributed by atoms with Crippen LogP contribution in [0, 0.1) is 20.8 Å².